The minimum atomic E-state index is 0.494. The van der Waals surface area contributed by atoms with Crippen LogP contribution in [0, 0.1) is 6.92 Å². The number of ether oxygens (including phenoxy) is 1. The average Bonchev–Trinajstić information content (AvgIpc) is 3.01. The molecule has 0 atom stereocenters. The minimum Gasteiger partial charge on any atom is -0.378 e. The number of pyridine rings is 1. The fourth-order valence-corrected chi connectivity index (χ4v) is 2.19. The van der Waals surface area contributed by atoms with Gasteiger partial charge in [0.1, 0.15) is 5.82 Å². The Balaban J connectivity index is 1.73. The van der Waals surface area contributed by atoms with E-state index < -0.39 is 0 Å². The lowest BCUT2D eigenvalue weighted by atomic mass is 10.2. The summed E-state index contributed by atoms with van der Waals surface area (Å²) in [5.41, 5.74) is 3.63. The standard InChI is InChI=1S/C16H18N6O/c1-11-6-15(18-9-13-7-14(10-23-2)22-21-13)20-16(19-11)12-4-3-5-17-8-12/h3-8H,9-10H2,1-2H3,(H,21,22)(H,18,19,20). The van der Waals surface area contributed by atoms with E-state index in [1.165, 1.54) is 0 Å². The largest absolute Gasteiger partial charge is 0.378 e. The highest BCUT2D eigenvalue weighted by molar-refractivity contribution is 5.56. The summed E-state index contributed by atoms with van der Waals surface area (Å²) < 4.78 is 5.06. The maximum Gasteiger partial charge on any atom is 0.163 e. The molecule has 3 heterocycles. The monoisotopic (exact) mass is 310 g/mol. The Morgan fingerprint density at radius 1 is 1.26 bits per heavy atom. The van der Waals surface area contributed by atoms with Crippen molar-refractivity contribution < 1.29 is 4.74 Å². The molecule has 23 heavy (non-hydrogen) atoms. The fraction of sp³-hybridized carbons (Fsp3) is 0.250. The van der Waals surface area contributed by atoms with Gasteiger partial charge in [0.25, 0.3) is 0 Å². The molecule has 7 heteroatoms. The van der Waals surface area contributed by atoms with Gasteiger partial charge in [0.2, 0.25) is 0 Å². The van der Waals surface area contributed by atoms with Gasteiger partial charge in [-0.15, -0.1) is 0 Å². The van der Waals surface area contributed by atoms with Crippen LogP contribution >= 0.6 is 0 Å². The highest BCUT2D eigenvalue weighted by Gasteiger charge is 2.06. The van der Waals surface area contributed by atoms with E-state index in [-0.39, 0.29) is 0 Å². The van der Waals surface area contributed by atoms with Crippen molar-refractivity contribution in [1.82, 2.24) is 25.1 Å². The Hall–Kier alpha value is -2.80. The van der Waals surface area contributed by atoms with Gasteiger partial charge in [-0.3, -0.25) is 10.1 Å². The number of H-pyrrole nitrogens is 1. The molecular weight excluding hydrogens is 292 g/mol. The van der Waals surface area contributed by atoms with Crippen molar-refractivity contribution in [3.8, 4) is 11.4 Å². The molecule has 118 valence electrons. The second-order valence-electron chi connectivity index (χ2n) is 5.13. The van der Waals surface area contributed by atoms with E-state index in [1.54, 1.807) is 19.5 Å². The Morgan fingerprint density at radius 2 is 2.17 bits per heavy atom. The number of aryl methyl sites for hydroxylation is 1. The van der Waals surface area contributed by atoms with Crippen LogP contribution in [0.2, 0.25) is 0 Å². The number of hydrogen-bond donors (Lipinski definition) is 2. The number of anilines is 1. The predicted octanol–water partition coefficient (Wildman–Crippen LogP) is 2.33. The summed E-state index contributed by atoms with van der Waals surface area (Å²) >= 11 is 0. The molecule has 0 saturated carbocycles. The first-order chi connectivity index (χ1) is 11.2. The Morgan fingerprint density at radius 3 is 2.96 bits per heavy atom. The van der Waals surface area contributed by atoms with Gasteiger partial charge >= 0.3 is 0 Å². The van der Waals surface area contributed by atoms with Crippen LogP contribution in [0.1, 0.15) is 17.1 Å². The average molecular weight is 310 g/mol. The van der Waals surface area contributed by atoms with E-state index >= 15 is 0 Å². The molecule has 2 N–H and O–H groups in total. The number of methoxy groups -OCH3 is 1. The summed E-state index contributed by atoms with van der Waals surface area (Å²) in [5.74, 6) is 1.42. The third-order valence-corrected chi connectivity index (χ3v) is 3.21. The van der Waals surface area contributed by atoms with Crippen LogP contribution in [0.3, 0.4) is 0 Å². The maximum atomic E-state index is 5.06. The van der Waals surface area contributed by atoms with E-state index in [0.29, 0.717) is 19.0 Å². The molecule has 0 unspecified atom stereocenters. The van der Waals surface area contributed by atoms with Gasteiger partial charge in [0.05, 0.1) is 24.5 Å². The summed E-state index contributed by atoms with van der Waals surface area (Å²) in [6, 6.07) is 7.69. The van der Waals surface area contributed by atoms with Gasteiger partial charge < -0.3 is 10.1 Å². The van der Waals surface area contributed by atoms with Crippen molar-refractivity contribution in [3.05, 3.63) is 53.7 Å². The summed E-state index contributed by atoms with van der Waals surface area (Å²) in [4.78, 5) is 13.1. The summed E-state index contributed by atoms with van der Waals surface area (Å²) in [5, 5.41) is 10.4. The summed E-state index contributed by atoms with van der Waals surface area (Å²) in [7, 11) is 1.65. The van der Waals surface area contributed by atoms with Gasteiger partial charge in [0.15, 0.2) is 5.82 Å². The minimum absolute atomic E-state index is 0.494. The molecule has 0 aliphatic carbocycles. The number of hydrogen-bond acceptors (Lipinski definition) is 6. The first-order valence-electron chi connectivity index (χ1n) is 7.26. The first kappa shape index (κ1) is 15.1. The van der Waals surface area contributed by atoms with Crippen molar-refractivity contribution >= 4 is 5.82 Å². The molecule has 3 rings (SSSR count). The normalized spacial score (nSPS) is 10.7. The molecule has 0 radical (unpaired) electrons. The number of aromatic nitrogens is 5. The number of nitrogens with zero attached hydrogens (tertiary/aromatic N) is 4. The van der Waals surface area contributed by atoms with E-state index in [1.807, 2.05) is 31.2 Å². The van der Waals surface area contributed by atoms with Crippen molar-refractivity contribution in [3.63, 3.8) is 0 Å². The lowest BCUT2D eigenvalue weighted by Crippen LogP contribution is -2.04. The predicted molar refractivity (Wildman–Crippen MR) is 86.6 cm³/mol. The highest BCUT2D eigenvalue weighted by atomic mass is 16.5. The second-order valence-corrected chi connectivity index (χ2v) is 5.13. The number of rotatable bonds is 6. The topological polar surface area (TPSA) is 88.6 Å². The Kier molecular flexibility index (Phi) is 4.58. The van der Waals surface area contributed by atoms with Crippen LogP contribution in [0.5, 0.6) is 0 Å². The smallest absolute Gasteiger partial charge is 0.163 e. The zero-order valence-electron chi connectivity index (χ0n) is 13.1. The zero-order valence-corrected chi connectivity index (χ0v) is 13.1. The number of nitrogens with one attached hydrogen (secondary N) is 2. The van der Waals surface area contributed by atoms with Gasteiger partial charge in [0, 0.05) is 36.8 Å². The van der Waals surface area contributed by atoms with Crippen molar-refractivity contribution in [1.29, 1.82) is 0 Å². The maximum absolute atomic E-state index is 5.06. The third kappa shape index (κ3) is 3.89. The lowest BCUT2D eigenvalue weighted by Gasteiger charge is -2.07. The van der Waals surface area contributed by atoms with Crippen LogP contribution in [0.15, 0.2) is 36.7 Å². The van der Waals surface area contributed by atoms with Crippen LogP contribution in [-0.2, 0) is 17.9 Å². The van der Waals surface area contributed by atoms with E-state index in [0.717, 1.165) is 28.5 Å². The van der Waals surface area contributed by atoms with Gasteiger partial charge in [-0.2, -0.15) is 5.10 Å². The molecule has 0 bridgehead atoms. The molecule has 0 amide bonds. The Labute approximate surface area is 134 Å². The fourth-order valence-electron chi connectivity index (χ4n) is 2.19. The van der Waals surface area contributed by atoms with Crippen LogP contribution in [-0.4, -0.2) is 32.3 Å². The lowest BCUT2D eigenvalue weighted by molar-refractivity contribution is 0.181. The molecule has 0 saturated heterocycles. The molecule has 3 aromatic heterocycles. The molecule has 0 aliphatic rings. The van der Waals surface area contributed by atoms with E-state index in [2.05, 4.69) is 30.5 Å². The van der Waals surface area contributed by atoms with Crippen molar-refractivity contribution in [2.75, 3.05) is 12.4 Å². The summed E-state index contributed by atoms with van der Waals surface area (Å²) in [6.45, 7) is 3.04. The van der Waals surface area contributed by atoms with Crippen LogP contribution < -0.4 is 5.32 Å². The van der Waals surface area contributed by atoms with E-state index in [4.69, 9.17) is 4.74 Å². The number of aromatic amines is 1. The highest BCUT2D eigenvalue weighted by Crippen LogP contribution is 2.17. The van der Waals surface area contributed by atoms with Gasteiger partial charge in [-0.25, -0.2) is 9.97 Å². The zero-order chi connectivity index (χ0) is 16.1. The Bertz CT molecular complexity index is 771. The molecular formula is C16H18N6O. The first-order valence-corrected chi connectivity index (χ1v) is 7.26. The van der Waals surface area contributed by atoms with Crippen LogP contribution in [0.4, 0.5) is 5.82 Å². The molecule has 3 aromatic rings. The van der Waals surface area contributed by atoms with Crippen molar-refractivity contribution in [2.45, 2.75) is 20.1 Å². The molecule has 0 aromatic carbocycles. The SMILES string of the molecule is COCc1cc(CNc2cc(C)nc(-c3cccnc3)n2)[nH]n1. The van der Waals surface area contributed by atoms with Gasteiger partial charge in [-0.1, -0.05) is 0 Å². The molecule has 0 fully saturated rings. The molecule has 7 nitrogen and oxygen atoms in total. The van der Waals surface area contributed by atoms with Gasteiger partial charge in [-0.05, 0) is 25.1 Å². The van der Waals surface area contributed by atoms with Crippen molar-refractivity contribution in [2.24, 2.45) is 0 Å². The second kappa shape index (κ2) is 6.97. The van der Waals surface area contributed by atoms with E-state index in [9.17, 15) is 0 Å². The third-order valence-electron chi connectivity index (χ3n) is 3.21. The van der Waals surface area contributed by atoms with Crippen LogP contribution in [0.25, 0.3) is 11.4 Å². The molecule has 0 spiro atoms. The summed E-state index contributed by atoms with van der Waals surface area (Å²) in [6.07, 6.45) is 3.48. The quantitative estimate of drug-likeness (QED) is 0.726. The molecule has 0 aliphatic heterocycles.